The molecule has 112 valence electrons. The summed E-state index contributed by atoms with van der Waals surface area (Å²) in [6, 6.07) is 0. The Hall–Kier alpha value is -0.120. The van der Waals surface area contributed by atoms with E-state index >= 15 is 0 Å². The molecule has 2 saturated carbocycles. The second kappa shape index (κ2) is 7.61. The zero-order valence-corrected chi connectivity index (χ0v) is 12.7. The Morgan fingerprint density at radius 1 is 0.789 bits per heavy atom. The van der Waals surface area contributed by atoms with Crippen LogP contribution < -0.4 is 0 Å². The first-order valence-electron chi connectivity index (χ1n) is 7.90. The van der Waals surface area contributed by atoms with Gasteiger partial charge >= 0.3 is 0 Å². The maximum atomic E-state index is 6.23. The van der Waals surface area contributed by atoms with Gasteiger partial charge in [0.05, 0.1) is 25.9 Å². The normalized spacial score (nSPS) is 22.4. The highest BCUT2D eigenvalue weighted by Gasteiger charge is 2.41. The van der Waals surface area contributed by atoms with Crippen LogP contribution in [-0.4, -0.2) is 40.1 Å². The van der Waals surface area contributed by atoms with Crippen LogP contribution in [-0.2, 0) is 14.2 Å². The van der Waals surface area contributed by atoms with Gasteiger partial charge in [0.15, 0.2) is 0 Å². The summed E-state index contributed by atoms with van der Waals surface area (Å²) in [7, 11) is 3.60. The second-order valence-electron chi connectivity index (χ2n) is 6.43. The fraction of sp³-hybridized carbons (Fsp3) is 1.00. The molecule has 3 heteroatoms. The largest absolute Gasteiger partial charge is 0.384 e. The number of rotatable bonds is 8. The van der Waals surface area contributed by atoms with Crippen LogP contribution in [0.15, 0.2) is 0 Å². The van der Waals surface area contributed by atoms with Gasteiger partial charge in [-0.1, -0.05) is 25.7 Å². The van der Waals surface area contributed by atoms with Gasteiger partial charge < -0.3 is 14.2 Å². The van der Waals surface area contributed by atoms with Crippen molar-refractivity contribution in [2.45, 2.75) is 57.5 Å². The molecule has 0 aromatic rings. The fourth-order valence-electron chi connectivity index (χ4n) is 3.93. The van der Waals surface area contributed by atoms with E-state index in [-0.39, 0.29) is 5.41 Å². The summed E-state index contributed by atoms with van der Waals surface area (Å²) in [5.41, 5.74) is 0.0720. The van der Waals surface area contributed by atoms with Crippen molar-refractivity contribution in [3.05, 3.63) is 0 Å². The van der Waals surface area contributed by atoms with Gasteiger partial charge in [-0.05, 0) is 31.6 Å². The lowest BCUT2D eigenvalue weighted by Gasteiger charge is -2.38. The van der Waals surface area contributed by atoms with Gasteiger partial charge in [0.1, 0.15) is 0 Å². The minimum atomic E-state index is 0.0720. The molecule has 2 aliphatic carbocycles. The number of ether oxygens (including phenoxy) is 3. The first-order valence-corrected chi connectivity index (χ1v) is 7.90. The highest BCUT2D eigenvalue weighted by atomic mass is 16.5. The van der Waals surface area contributed by atoms with Crippen LogP contribution in [0.5, 0.6) is 0 Å². The molecule has 0 radical (unpaired) electrons. The smallest absolute Gasteiger partial charge is 0.0575 e. The third-order valence-electron chi connectivity index (χ3n) is 4.99. The summed E-state index contributed by atoms with van der Waals surface area (Å²) < 4.78 is 17.3. The molecule has 2 fully saturated rings. The number of methoxy groups -OCH3 is 2. The molecule has 19 heavy (non-hydrogen) atoms. The maximum Gasteiger partial charge on any atom is 0.0575 e. The Morgan fingerprint density at radius 2 is 1.32 bits per heavy atom. The standard InChI is InChI=1S/C16H30O3/c1-17-11-16(12-18-2,14-7-3-4-8-14)13-19-15-9-5-6-10-15/h14-15H,3-13H2,1-2H3. The topological polar surface area (TPSA) is 27.7 Å². The van der Waals surface area contributed by atoms with Gasteiger partial charge in [0.2, 0.25) is 0 Å². The number of hydrogen-bond acceptors (Lipinski definition) is 3. The van der Waals surface area contributed by atoms with E-state index in [1.165, 1.54) is 51.4 Å². The van der Waals surface area contributed by atoms with Gasteiger partial charge in [0, 0.05) is 19.6 Å². The minimum Gasteiger partial charge on any atom is -0.384 e. The molecular formula is C16H30O3. The Labute approximate surface area is 118 Å². The summed E-state index contributed by atoms with van der Waals surface area (Å²) in [5.74, 6) is 0.703. The van der Waals surface area contributed by atoms with Crippen LogP contribution in [0, 0.1) is 11.3 Å². The molecule has 3 nitrogen and oxygen atoms in total. The molecule has 2 rings (SSSR count). The molecule has 0 saturated heterocycles. The summed E-state index contributed by atoms with van der Waals surface area (Å²) >= 11 is 0. The van der Waals surface area contributed by atoms with Gasteiger partial charge in [-0.25, -0.2) is 0 Å². The van der Waals surface area contributed by atoms with Gasteiger partial charge in [0.25, 0.3) is 0 Å². The van der Waals surface area contributed by atoms with E-state index < -0.39 is 0 Å². The van der Waals surface area contributed by atoms with Crippen LogP contribution in [0.4, 0.5) is 0 Å². The van der Waals surface area contributed by atoms with Crippen LogP contribution >= 0.6 is 0 Å². The van der Waals surface area contributed by atoms with Gasteiger partial charge in [-0.15, -0.1) is 0 Å². The lowest BCUT2D eigenvalue weighted by atomic mass is 9.76. The quantitative estimate of drug-likeness (QED) is 0.676. The molecule has 0 unspecified atom stereocenters. The van der Waals surface area contributed by atoms with Gasteiger partial charge in [-0.2, -0.15) is 0 Å². The van der Waals surface area contributed by atoms with Crippen molar-refractivity contribution >= 4 is 0 Å². The first-order chi connectivity index (χ1) is 9.30. The van der Waals surface area contributed by atoms with E-state index in [0.717, 1.165) is 19.8 Å². The molecule has 0 heterocycles. The van der Waals surface area contributed by atoms with Crippen LogP contribution in [0.3, 0.4) is 0 Å². The molecule has 0 aromatic heterocycles. The van der Waals surface area contributed by atoms with Crippen LogP contribution in [0.2, 0.25) is 0 Å². The highest BCUT2D eigenvalue weighted by molar-refractivity contribution is 4.90. The van der Waals surface area contributed by atoms with Crippen molar-refractivity contribution in [1.82, 2.24) is 0 Å². The van der Waals surface area contributed by atoms with Crippen molar-refractivity contribution in [1.29, 1.82) is 0 Å². The minimum absolute atomic E-state index is 0.0720. The van der Waals surface area contributed by atoms with Crippen LogP contribution in [0.25, 0.3) is 0 Å². The molecule has 0 amide bonds. The van der Waals surface area contributed by atoms with Crippen molar-refractivity contribution in [2.24, 2.45) is 11.3 Å². The molecule has 0 spiro atoms. The first kappa shape index (κ1) is 15.3. The van der Waals surface area contributed by atoms with E-state index in [2.05, 4.69) is 0 Å². The third-order valence-corrected chi connectivity index (χ3v) is 4.99. The summed E-state index contributed by atoms with van der Waals surface area (Å²) in [6.07, 6.45) is 10.9. The molecule has 0 bridgehead atoms. The molecule has 2 aliphatic rings. The summed E-state index contributed by atoms with van der Waals surface area (Å²) in [4.78, 5) is 0. The lowest BCUT2D eigenvalue weighted by Crippen LogP contribution is -2.43. The molecular weight excluding hydrogens is 240 g/mol. The Kier molecular flexibility index (Phi) is 6.11. The SMILES string of the molecule is COCC(COC)(COC1CCCC1)C1CCCC1. The predicted octanol–water partition coefficient (Wildman–Crippen LogP) is 3.42. The Balaban J connectivity index is 1.97. The van der Waals surface area contributed by atoms with Crippen LogP contribution in [0.1, 0.15) is 51.4 Å². The van der Waals surface area contributed by atoms with Crippen molar-refractivity contribution in [3.8, 4) is 0 Å². The van der Waals surface area contributed by atoms with E-state index in [4.69, 9.17) is 14.2 Å². The summed E-state index contributed by atoms with van der Waals surface area (Å²) in [6.45, 7) is 2.33. The Bertz CT molecular complexity index is 236. The fourth-order valence-corrected chi connectivity index (χ4v) is 3.93. The zero-order chi connectivity index (χ0) is 13.6. The monoisotopic (exact) mass is 270 g/mol. The van der Waals surface area contributed by atoms with Crippen molar-refractivity contribution in [3.63, 3.8) is 0 Å². The van der Waals surface area contributed by atoms with E-state index in [1.807, 2.05) is 0 Å². The van der Waals surface area contributed by atoms with Gasteiger partial charge in [-0.3, -0.25) is 0 Å². The second-order valence-corrected chi connectivity index (χ2v) is 6.43. The number of hydrogen-bond donors (Lipinski definition) is 0. The molecule has 0 atom stereocenters. The molecule has 0 aromatic carbocycles. The molecule has 0 N–H and O–H groups in total. The highest BCUT2D eigenvalue weighted by Crippen LogP contribution is 2.41. The summed E-state index contributed by atoms with van der Waals surface area (Å²) in [5, 5.41) is 0. The average molecular weight is 270 g/mol. The predicted molar refractivity (Wildman–Crippen MR) is 76.4 cm³/mol. The lowest BCUT2D eigenvalue weighted by molar-refractivity contribution is -0.0987. The Morgan fingerprint density at radius 3 is 1.84 bits per heavy atom. The molecule has 0 aliphatic heterocycles. The van der Waals surface area contributed by atoms with E-state index in [0.29, 0.717) is 12.0 Å². The average Bonchev–Trinajstić information content (AvgIpc) is 3.09. The zero-order valence-electron chi connectivity index (χ0n) is 12.7. The maximum absolute atomic E-state index is 6.23. The third kappa shape index (κ3) is 3.93. The van der Waals surface area contributed by atoms with Crippen molar-refractivity contribution in [2.75, 3.05) is 34.0 Å². The van der Waals surface area contributed by atoms with E-state index in [1.54, 1.807) is 14.2 Å². The van der Waals surface area contributed by atoms with E-state index in [9.17, 15) is 0 Å². The van der Waals surface area contributed by atoms with Crippen molar-refractivity contribution < 1.29 is 14.2 Å².